The Morgan fingerprint density at radius 1 is 1.33 bits per heavy atom. The average molecular weight is 228 g/mol. The molecule has 0 fully saturated rings. The standard InChI is InChI=1S/C12H18ClNO/c1-3-9(4-2)8-15-12-7-10(14)5-6-11(12)13/h5-7,9H,3-4,8,14H2,1-2H3. The normalized spacial score (nSPS) is 10.7. The Hall–Kier alpha value is -0.890. The summed E-state index contributed by atoms with van der Waals surface area (Å²) in [6.07, 6.45) is 2.24. The van der Waals surface area contributed by atoms with E-state index in [4.69, 9.17) is 22.1 Å². The first-order valence-electron chi connectivity index (χ1n) is 5.35. The first-order chi connectivity index (χ1) is 7.17. The number of ether oxygens (including phenoxy) is 1. The molecule has 1 aromatic rings. The van der Waals surface area contributed by atoms with Crippen molar-refractivity contribution in [3.63, 3.8) is 0 Å². The lowest BCUT2D eigenvalue weighted by Gasteiger charge is -2.14. The van der Waals surface area contributed by atoms with Crippen molar-refractivity contribution >= 4 is 17.3 Å². The summed E-state index contributed by atoms with van der Waals surface area (Å²) in [5.74, 6) is 1.27. The molecular formula is C12H18ClNO. The van der Waals surface area contributed by atoms with Crippen LogP contribution >= 0.6 is 11.6 Å². The number of nitrogens with two attached hydrogens (primary N) is 1. The van der Waals surface area contributed by atoms with Gasteiger partial charge < -0.3 is 10.5 Å². The topological polar surface area (TPSA) is 35.2 Å². The van der Waals surface area contributed by atoms with Gasteiger partial charge in [-0.1, -0.05) is 38.3 Å². The maximum atomic E-state index is 5.99. The van der Waals surface area contributed by atoms with Crippen molar-refractivity contribution in [1.29, 1.82) is 0 Å². The van der Waals surface area contributed by atoms with Gasteiger partial charge in [0.25, 0.3) is 0 Å². The number of hydrogen-bond donors (Lipinski definition) is 1. The van der Waals surface area contributed by atoms with Gasteiger partial charge in [-0.15, -0.1) is 0 Å². The van der Waals surface area contributed by atoms with Crippen LogP contribution in [0.5, 0.6) is 5.75 Å². The Morgan fingerprint density at radius 3 is 2.60 bits per heavy atom. The zero-order valence-electron chi connectivity index (χ0n) is 9.29. The molecule has 0 spiro atoms. The number of rotatable bonds is 5. The van der Waals surface area contributed by atoms with E-state index in [0.29, 0.717) is 29.0 Å². The molecule has 3 heteroatoms. The molecule has 0 amide bonds. The summed E-state index contributed by atoms with van der Waals surface area (Å²) in [5.41, 5.74) is 6.34. The van der Waals surface area contributed by atoms with E-state index in [-0.39, 0.29) is 0 Å². The third-order valence-corrected chi connectivity index (χ3v) is 2.90. The SMILES string of the molecule is CCC(CC)COc1cc(N)ccc1Cl. The Morgan fingerprint density at radius 2 is 2.00 bits per heavy atom. The van der Waals surface area contributed by atoms with Crippen LogP contribution in [0, 0.1) is 5.92 Å². The fourth-order valence-electron chi connectivity index (χ4n) is 1.36. The van der Waals surface area contributed by atoms with Crippen molar-refractivity contribution in [3.8, 4) is 5.75 Å². The van der Waals surface area contributed by atoms with Crippen LogP contribution in [0.1, 0.15) is 26.7 Å². The molecule has 1 rings (SSSR count). The van der Waals surface area contributed by atoms with E-state index in [2.05, 4.69) is 13.8 Å². The first kappa shape index (κ1) is 12.2. The van der Waals surface area contributed by atoms with Gasteiger partial charge in [-0.3, -0.25) is 0 Å². The molecule has 15 heavy (non-hydrogen) atoms. The van der Waals surface area contributed by atoms with E-state index in [1.165, 1.54) is 0 Å². The van der Waals surface area contributed by atoms with Crippen LogP contribution in [0.4, 0.5) is 5.69 Å². The molecule has 1 aromatic carbocycles. The van der Waals surface area contributed by atoms with Gasteiger partial charge in [0.2, 0.25) is 0 Å². The molecule has 2 nitrogen and oxygen atoms in total. The second-order valence-corrected chi connectivity index (χ2v) is 4.09. The van der Waals surface area contributed by atoms with Gasteiger partial charge in [0.15, 0.2) is 0 Å². The van der Waals surface area contributed by atoms with E-state index < -0.39 is 0 Å². The molecule has 0 aromatic heterocycles. The molecular weight excluding hydrogens is 210 g/mol. The van der Waals surface area contributed by atoms with Gasteiger partial charge in [-0.2, -0.15) is 0 Å². The molecule has 0 atom stereocenters. The van der Waals surface area contributed by atoms with E-state index in [1.54, 1.807) is 18.2 Å². The van der Waals surface area contributed by atoms with Crippen molar-refractivity contribution in [3.05, 3.63) is 23.2 Å². The largest absolute Gasteiger partial charge is 0.492 e. The second-order valence-electron chi connectivity index (χ2n) is 3.68. The maximum absolute atomic E-state index is 5.99. The van der Waals surface area contributed by atoms with Crippen LogP contribution < -0.4 is 10.5 Å². The smallest absolute Gasteiger partial charge is 0.139 e. The number of hydrogen-bond acceptors (Lipinski definition) is 2. The molecule has 0 saturated carbocycles. The summed E-state index contributed by atoms with van der Waals surface area (Å²) in [6.45, 7) is 5.03. The van der Waals surface area contributed by atoms with Crippen LogP contribution in [0.2, 0.25) is 5.02 Å². The summed E-state index contributed by atoms with van der Waals surface area (Å²) in [6, 6.07) is 5.30. The monoisotopic (exact) mass is 227 g/mol. The zero-order valence-corrected chi connectivity index (χ0v) is 10.1. The highest BCUT2D eigenvalue weighted by Crippen LogP contribution is 2.27. The zero-order chi connectivity index (χ0) is 11.3. The second kappa shape index (κ2) is 5.86. The van der Waals surface area contributed by atoms with Crippen LogP contribution in [0.25, 0.3) is 0 Å². The van der Waals surface area contributed by atoms with E-state index in [9.17, 15) is 0 Å². The molecule has 0 aliphatic heterocycles. The third-order valence-electron chi connectivity index (χ3n) is 2.58. The Balaban J connectivity index is 2.60. The molecule has 0 saturated heterocycles. The lowest BCUT2D eigenvalue weighted by molar-refractivity contribution is 0.241. The van der Waals surface area contributed by atoms with Crippen molar-refractivity contribution < 1.29 is 4.74 Å². The first-order valence-corrected chi connectivity index (χ1v) is 5.73. The minimum Gasteiger partial charge on any atom is -0.492 e. The number of anilines is 1. The fourth-order valence-corrected chi connectivity index (χ4v) is 1.53. The van der Waals surface area contributed by atoms with Gasteiger partial charge >= 0.3 is 0 Å². The predicted octanol–water partition coefficient (Wildman–Crippen LogP) is 3.74. The molecule has 0 aliphatic carbocycles. The lowest BCUT2D eigenvalue weighted by atomic mass is 10.1. The summed E-state index contributed by atoms with van der Waals surface area (Å²) in [4.78, 5) is 0. The molecule has 2 N–H and O–H groups in total. The van der Waals surface area contributed by atoms with Crippen LogP contribution in [-0.4, -0.2) is 6.61 Å². The van der Waals surface area contributed by atoms with Crippen molar-refractivity contribution in [2.45, 2.75) is 26.7 Å². The van der Waals surface area contributed by atoms with Crippen molar-refractivity contribution in [2.24, 2.45) is 5.92 Å². The third kappa shape index (κ3) is 3.63. The van der Waals surface area contributed by atoms with Crippen LogP contribution in [0.15, 0.2) is 18.2 Å². The minimum absolute atomic E-state index is 0.586. The fraction of sp³-hybridized carbons (Fsp3) is 0.500. The van der Waals surface area contributed by atoms with E-state index >= 15 is 0 Å². The van der Waals surface area contributed by atoms with Crippen molar-refractivity contribution in [1.82, 2.24) is 0 Å². The summed E-state index contributed by atoms with van der Waals surface area (Å²) >= 11 is 5.99. The highest BCUT2D eigenvalue weighted by molar-refractivity contribution is 6.32. The quantitative estimate of drug-likeness (QED) is 0.778. The van der Waals surface area contributed by atoms with E-state index in [1.807, 2.05) is 0 Å². The molecule has 0 aliphatic rings. The van der Waals surface area contributed by atoms with E-state index in [0.717, 1.165) is 12.8 Å². The molecule has 0 heterocycles. The van der Waals surface area contributed by atoms with Gasteiger partial charge in [0.1, 0.15) is 5.75 Å². The van der Waals surface area contributed by atoms with Gasteiger partial charge in [0, 0.05) is 11.8 Å². The predicted molar refractivity (Wildman–Crippen MR) is 65.4 cm³/mol. The van der Waals surface area contributed by atoms with Gasteiger partial charge in [0.05, 0.1) is 11.6 Å². The number of halogens is 1. The Bertz CT molecular complexity index is 310. The maximum Gasteiger partial charge on any atom is 0.139 e. The Labute approximate surface area is 96.4 Å². The average Bonchev–Trinajstić information content (AvgIpc) is 2.24. The highest BCUT2D eigenvalue weighted by atomic mass is 35.5. The number of nitrogen functional groups attached to an aromatic ring is 1. The Kier molecular flexibility index (Phi) is 4.76. The van der Waals surface area contributed by atoms with Crippen LogP contribution in [-0.2, 0) is 0 Å². The van der Waals surface area contributed by atoms with Gasteiger partial charge in [-0.05, 0) is 18.1 Å². The molecule has 0 radical (unpaired) electrons. The molecule has 0 unspecified atom stereocenters. The summed E-state index contributed by atoms with van der Waals surface area (Å²) in [5, 5.41) is 0.621. The lowest BCUT2D eigenvalue weighted by Crippen LogP contribution is -2.10. The highest BCUT2D eigenvalue weighted by Gasteiger charge is 2.07. The van der Waals surface area contributed by atoms with Crippen LogP contribution in [0.3, 0.4) is 0 Å². The summed E-state index contributed by atoms with van der Waals surface area (Å²) in [7, 11) is 0. The molecule has 84 valence electrons. The minimum atomic E-state index is 0.586. The van der Waals surface area contributed by atoms with Gasteiger partial charge in [-0.25, -0.2) is 0 Å². The number of benzene rings is 1. The van der Waals surface area contributed by atoms with Crippen molar-refractivity contribution in [2.75, 3.05) is 12.3 Å². The summed E-state index contributed by atoms with van der Waals surface area (Å²) < 4.78 is 5.65. The molecule has 0 bridgehead atoms.